The van der Waals surface area contributed by atoms with Gasteiger partial charge in [-0.25, -0.2) is 4.98 Å². The Morgan fingerprint density at radius 3 is 2.35 bits per heavy atom. The number of carbonyl (C=O) groups is 4. The molecule has 2 saturated carbocycles. The molecule has 0 bridgehead atoms. The van der Waals surface area contributed by atoms with E-state index in [4.69, 9.17) is 4.74 Å². The van der Waals surface area contributed by atoms with Crippen LogP contribution in [0.4, 0.5) is 0 Å². The second-order valence-corrected chi connectivity index (χ2v) is 17.2. The van der Waals surface area contributed by atoms with E-state index in [2.05, 4.69) is 20.9 Å². The summed E-state index contributed by atoms with van der Waals surface area (Å²) in [5, 5.41) is 36.4. The lowest BCUT2D eigenvalue weighted by molar-refractivity contribution is -0.141. The molecule has 3 aromatic rings. The van der Waals surface area contributed by atoms with Crippen LogP contribution in [0.1, 0.15) is 94.7 Å². The topological polar surface area (TPSA) is 170 Å². The van der Waals surface area contributed by atoms with E-state index < -0.39 is 47.4 Å². The van der Waals surface area contributed by atoms with Gasteiger partial charge in [-0.15, -0.1) is 11.3 Å². The molecule has 0 spiro atoms. The predicted octanol–water partition coefficient (Wildman–Crippen LogP) is 4.70. The maximum atomic E-state index is 14.5. The van der Waals surface area contributed by atoms with Gasteiger partial charge in [0.05, 0.1) is 54.0 Å². The molecule has 57 heavy (non-hydrogen) atoms. The smallest absolute Gasteiger partial charge is 0.243 e. The molecule has 0 radical (unpaired) electrons. The highest BCUT2D eigenvalue weighted by molar-refractivity contribution is 7.07. The predicted molar refractivity (Wildman–Crippen MR) is 220 cm³/mol. The molecule has 5 N–H and O–H groups in total. The molecule has 1 saturated heterocycles. The van der Waals surface area contributed by atoms with Crippen molar-refractivity contribution in [1.82, 2.24) is 25.8 Å². The molecule has 12 nitrogen and oxygen atoms in total. The molecule has 2 heterocycles. The van der Waals surface area contributed by atoms with Gasteiger partial charge >= 0.3 is 0 Å². The summed E-state index contributed by atoms with van der Waals surface area (Å²) in [6, 6.07) is 12.1. The fourth-order valence-corrected chi connectivity index (χ4v) is 9.80. The lowest BCUT2D eigenvalue weighted by Crippen LogP contribution is -2.56. The second kappa shape index (κ2) is 20.7. The number of thiazole rings is 1. The first-order valence-electron chi connectivity index (χ1n) is 21.1. The Bertz CT molecular complexity index is 1770. The number of aliphatic hydroxyl groups is 2. The molecule has 1 unspecified atom stereocenters. The molecule has 3 aliphatic rings. The number of nitrogens with zero attached hydrogens (tertiary/aromatic N) is 2. The van der Waals surface area contributed by atoms with Gasteiger partial charge in [-0.1, -0.05) is 93.8 Å². The van der Waals surface area contributed by atoms with Crippen molar-refractivity contribution >= 4 is 45.7 Å². The Balaban J connectivity index is 1.25. The number of aromatic nitrogens is 1. The molecule has 5 atom stereocenters. The molecule has 6 rings (SSSR count). The van der Waals surface area contributed by atoms with Crippen LogP contribution in [0.5, 0.6) is 0 Å². The first-order chi connectivity index (χ1) is 27.6. The van der Waals surface area contributed by atoms with Crippen LogP contribution in [0.2, 0.25) is 0 Å². The largest absolute Gasteiger partial charge is 0.391 e. The SMILES string of the molecule is CNC(=O)[C@@H](C[C@H](O)[C@H](CC1CCCCC1)NC(=O)[C@H](Cc1cscn1)NC(=O)C(CC(=O)N1CCOCC1)Cc1cccc2ccccc12)C1(O)CCCCC1. The Labute approximate surface area is 340 Å². The van der Waals surface area contributed by atoms with Crippen LogP contribution in [0, 0.1) is 17.8 Å². The van der Waals surface area contributed by atoms with Crippen molar-refractivity contribution in [1.29, 1.82) is 0 Å². The third kappa shape index (κ3) is 11.6. The zero-order valence-electron chi connectivity index (χ0n) is 33.3. The van der Waals surface area contributed by atoms with Crippen LogP contribution in [-0.2, 0) is 36.8 Å². The van der Waals surface area contributed by atoms with E-state index in [0.717, 1.165) is 67.7 Å². The summed E-state index contributed by atoms with van der Waals surface area (Å²) < 4.78 is 5.47. The summed E-state index contributed by atoms with van der Waals surface area (Å²) in [5.74, 6) is -2.68. The van der Waals surface area contributed by atoms with Crippen LogP contribution in [0.15, 0.2) is 53.4 Å². The number of hydrogen-bond acceptors (Lipinski definition) is 9. The third-order valence-electron chi connectivity index (χ3n) is 12.5. The molecule has 1 aliphatic heterocycles. The molecular weight excluding hydrogens is 743 g/mol. The number of hydrogen-bond donors (Lipinski definition) is 5. The summed E-state index contributed by atoms with van der Waals surface area (Å²) in [4.78, 5) is 62.2. The molecule has 2 aliphatic carbocycles. The quantitative estimate of drug-likeness (QED) is 0.131. The van der Waals surface area contributed by atoms with Crippen molar-refractivity contribution in [3.63, 3.8) is 0 Å². The summed E-state index contributed by atoms with van der Waals surface area (Å²) >= 11 is 1.39. The van der Waals surface area contributed by atoms with Gasteiger partial charge in [0, 0.05) is 38.4 Å². The van der Waals surface area contributed by atoms with E-state index in [0.29, 0.717) is 57.7 Å². The van der Waals surface area contributed by atoms with Crippen LogP contribution in [0.3, 0.4) is 0 Å². The lowest BCUT2D eigenvalue weighted by atomic mass is 9.72. The van der Waals surface area contributed by atoms with Crippen molar-refractivity contribution < 1.29 is 34.1 Å². The van der Waals surface area contributed by atoms with Gasteiger partial charge in [-0.3, -0.25) is 19.2 Å². The summed E-state index contributed by atoms with van der Waals surface area (Å²) in [6.45, 7) is 1.80. The normalized spacial score (nSPS) is 20.2. The number of aliphatic hydroxyl groups excluding tert-OH is 1. The minimum atomic E-state index is -1.24. The van der Waals surface area contributed by atoms with Crippen LogP contribution in [0.25, 0.3) is 10.8 Å². The molecule has 13 heteroatoms. The van der Waals surface area contributed by atoms with Crippen LogP contribution in [-0.4, -0.2) is 101 Å². The van der Waals surface area contributed by atoms with Gasteiger partial charge < -0.3 is 35.8 Å². The van der Waals surface area contributed by atoms with Gasteiger partial charge in [0.15, 0.2) is 0 Å². The number of amides is 4. The van der Waals surface area contributed by atoms with Crippen molar-refractivity contribution in [3.8, 4) is 0 Å². The number of carbonyl (C=O) groups excluding carboxylic acids is 4. The average molecular weight is 804 g/mol. The van der Waals surface area contributed by atoms with Crippen LogP contribution < -0.4 is 16.0 Å². The minimum Gasteiger partial charge on any atom is -0.391 e. The van der Waals surface area contributed by atoms with Gasteiger partial charge in [-0.05, 0) is 54.4 Å². The van der Waals surface area contributed by atoms with E-state index in [1.165, 1.54) is 11.3 Å². The minimum absolute atomic E-state index is 0.00624. The highest BCUT2D eigenvalue weighted by Gasteiger charge is 2.44. The molecule has 310 valence electrons. The van der Waals surface area contributed by atoms with Gasteiger partial charge in [0.1, 0.15) is 6.04 Å². The van der Waals surface area contributed by atoms with Crippen molar-refractivity contribution in [2.45, 2.75) is 120 Å². The number of fused-ring (bicyclic) bond motifs is 1. The standard InChI is InChI=1S/C44H61N5O7S/c1-45-42(53)36(44(55)17-8-3-9-18-44)27-39(50)37(23-30-11-4-2-5-12-30)47-43(54)38(26-34-28-57-29-46-34)48-41(52)33(25-40(51)49-19-21-56-22-20-49)24-32-15-10-14-31-13-6-7-16-35(31)32/h6-7,10,13-16,28-30,33,36-39,50,55H,2-5,8-9,11-12,17-27H2,1H3,(H,45,53)(H,47,54)(H,48,52)/t33?,36-,37+,38+,39+/m1/s1. The number of morpholine rings is 1. The number of benzene rings is 2. The Morgan fingerprint density at radius 2 is 1.63 bits per heavy atom. The highest BCUT2D eigenvalue weighted by atomic mass is 32.1. The van der Waals surface area contributed by atoms with Gasteiger partial charge in [-0.2, -0.15) is 0 Å². The van der Waals surface area contributed by atoms with Crippen molar-refractivity contribution in [2.24, 2.45) is 17.8 Å². The maximum absolute atomic E-state index is 14.5. The molecule has 3 fully saturated rings. The van der Waals surface area contributed by atoms with E-state index in [1.54, 1.807) is 17.5 Å². The fourth-order valence-electron chi connectivity index (χ4n) is 9.23. The van der Waals surface area contributed by atoms with E-state index in [1.807, 2.05) is 47.8 Å². The van der Waals surface area contributed by atoms with E-state index >= 15 is 0 Å². The number of nitrogens with one attached hydrogen (secondary N) is 3. The van der Waals surface area contributed by atoms with Gasteiger partial charge in [0.25, 0.3) is 0 Å². The average Bonchev–Trinajstić information content (AvgIpc) is 3.76. The summed E-state index contributed by atoms with van der Waals surface area (Å²) in [6.07, 6.45) is 8.58. The monoisotopic (exact) mass is 803 g/mol. The Kier molecular flexibility index (Phi) is 15.5. The lowest BCUT2D eigenvalue weighted by Gasteiger charge is -2.40. The Hall–Kier alpha value is -3.91. The van der Waals surface area contributed by atoms with Crippen molar-refractivity contribution in [3.05, 3.63) is 64.6 Å². The van der Waals surface area contributed by atoms with E-state index in [9.17, 15) is 29.4 Å². The van der Waals surface area contributed by atoms with Gasteiger partial charge in [0.2, 0.25) is 23.6 Å². The molecule has 1 aromatic heterocycles. The Morgan fingerprint density at radius 1 is 0.912 bits per heavy atom. The zero-order chi connectivity index (χ0) is 40.2. The first-order valence-corrected chi connectivity index (χ1v) is 22.0. The van der Waals surface area contributed by atoms with Crippen LogP contribution >= 0.6 is 11.3 Å². The van der Waals surface area contributed by atoms with Crippen molar-refractivity contribution in [2.75, 3.05) is 33.4 Å². The molecular formula is C44H61N5O7S. The summed E-state index contributed by atoms with van der Waals surface area (Å²) in [5.41, 5.74) is 2.02. The van der Waals surface area contributed by atoms with E-state index in [-0.39, 0.29) is 37.0 Å². The third-order valence-corrected chi connectivity index (χ3v) is 13.2. The number of rotatable bonds is 17. The molecule has 4 amide bonds. The molecule has 2 aromatic carbocycles. The first kappa shape index (κ1) is 42.7. The zero-order valence-corrected chi connectivity index (χ0v) is 34.2. The fraction of sp³-hybridized carbons (Fsp3) is 0.614. The number of ether oxygens (including phenoxy) is 1. The highest BCUT2D eigenvalue weighted by Crippen LogP contribution is 2.38. The maximum Gasteiger partial charge on any atom is 0.243 e. The second-order valence-electron chi connectivity index (χ2n) is 16.5. The summed E-state index contributed by atoms with van der Waals surface area (Å²) in [7, 11) is 1.54.